The third-order valence-corrected chi connectivity index (χ3v) is 2.42. The average Bonchev–Trinajstić information content (AvgIpc) is 2.37. The highest BCUT2D eigenvalue weighted by Crippen LogP contribution is 2.10. The van der Waals surface area contributed by atoms with Crippen LogP contribution >= 0.6 is 11.6 Å². The second-order valence-corrected chi connectivity index (χ2v) is 4.07. The second-order valence-electron chi connectivity index (χ2n) is 3.63. The van der Waals surface area contributed by atoms with E-state index < -0.39 is 0 Å². The van der Waals surface area contributed by atoms with Gasteiger partial charge < -0.3 is 15.4 Å². The first-order chi connectivity index (χ1) is 8.72. The van der Waals surface area contributed by atoms with E-state index in [1.807, 2.05) is 12.1 Å². The second kappa shape index (κ2) is 8.55. The van der Waals surface area contributed by atoms with Crippen LogP contribution in [0.3, 0.4) is 0 Å². The van der Waals surface area contributed by atoms with Crippen LogP contribution in [0.5, 0.6) is 0 Å². The SMILES string of the molecule is COCCCNC(=O)N/C=C/c1ccc(Cl)cc1. The van der Waals surface area contributed by atoms with E-state index in [1.54, 1.807) is 31.5 Å². The van der Waals surface area contributed by atoms with Crippen LogP contribution < -0.4 is 10.6 Å². The van der Waals surface area contributed by atoms with Crippen LogP contribution in [0.4, 0.5) is 4.79 Å². The van der Waals surface area contributed by atoms with Crippen LogP contribution in [-0.2, 0) is 4.74 Å². The monoisotopic (exact) mass is 268 g/mol. The molecular weight excluding hydrogens is 252 g/mol. The van der Waals surface area contributed by atoms with Crippen molar-refractivity contribution in [2.45, 2.75) is 6.42 Å². The molecule has 0 aliphatic carbocycles. The molecule has 1 rings (SSSR count). The molecular formula is C13H17ClN2O2. The molecule has 0 saturated heterocycles. The van der Waals surface area contributed by atoms with Crippen molar-refractivity contribution in [1.29, 1.82) is 0 Å². The van der Waals surface area contributed by atoms with Crippen LogP contribution in [0.1, 0.15) is 12.0 Å². The van der Waals surface area contributed by atoms with Crippen LogP contribution in [-0.4, -0.2) is 26.3 Å². The molecule has 0 spiro atoms. The standard InChI is InChI=1S/C13H17ClN2O2/c1-18-10-2-8-15-13(17)16-9-7-11-3-5-12(14)6-4-11/h3-7,9H,2,8,10H2,1H3,(H2,15,16,17)/b9-7+. The summed E-state index contributed by atoms with van der Waals surface area (Å²) in [5.74, 6) is 0. The summed E-state index contributed by atoms with van der Waals surface area (Å²) in [4.78, 5) is 11.3. The molecule has 0 aliphatic rings. The minimum atomic E-state index is -0.226. The molecule has 0 saturated carbocycles. The molecule has 0 unspecified atom stereocenters. The number of hydrogen-bond acceptors (Lipinski definition) is 2. The number of methoxy groups -OCH3 is 1. The molecule has 0 radical (unpaired) electrons. The predicted molar refractivity (Wildman–Crippen MR) is 73.5 cm³/mol. The molecule has 18 heavy (non-hydrogen) atoms. The molecule has 0 heterocycles. The highest BCUT2D eigenvalue weighted by Gasteiger charge is 1.95. The number of amides is 2. The van der Waals surface area contributed by atoms with Gasteiger partial charge in [-0.1, -0.05) is 23.7 Å². The number of halogens is 1. The van der Waals surface area contributed by atoms with Gasteiger partial charge in [-0.3, -0.25) is 0 Å². The molecule has 2 amide bonds. The molecule has 2 N–H and O–H groups in total. The maximum absolute atomic E-state index is 11.3. The summed E-state index contributed by atoms with van der Waals surface area (Å²) in [6.07, 6.45) is 4.19. The number of urea groups is 1. The van der Waals surface area contributed by atoms with Gasteiger partial charge in [-0.05, 0) is 30.2 Å². The molecule has 5 heteroatoms. The maximum atomic E-state index is 11.3. The largest absolute Gasteiger partial charge is 0.385 e. The molecule has 0 bridgehead atoms. The van der Waals surface area contributed by atoms with Crippen molar-refractivity contribution in [2.75, 3.05) is 20.3 Å². The lowest BCUT2D eigenvalue weighted by Crippen LogP contribution is -2.33. The van der Waals surface area contributed by atoms with Gasteiger partial charge in [0.2, 0.25) is 0 Å². The molecule has 0 aromatic heterocycles. The number of rotatable bonds is 6. The fraction of sp³-hybridized carbons (Fsp3) is 0.308. The van der Waals surface area contributed by atoms with Gasteiger partial charge in [0.05, 0.1) is 0 Å². The molecule has 98 valence electrons. The topological polar surface area (TPSA) is 50.4 Å². The third kappa shape index (κ3) is 6.27. The highest BCUT2D eigenvalue weighted by molar-refractivity contribution is 6.30. The summed E-state index contributed by atoms with van der Waals surface area (Å²) in [6.45, 7) is 1.23. The van der Waals surface area contributed by atoms with Gasteiger partial charge >= 0.3 is 6.03 Å². The van der Waals surface area contributed by atoms with Crippen LogP contribution in [0.25, 0.3) is 6.08 Å². The third-order valence-electron chi connectivity index (χ3n) is 2.17. The first-order valence-corrected chi connectivity index (χ1v) is 6.05. The van der Waals surface area contributed by atoms with Crippen molar-refractivity contribution >= 4 is 23.7 Å². The summed E-state index contributed by atoms with van der Waals surface area (Å²) in [7, 11) is 1.63. The lowest BCUT2D eigenvalue weighted by atomic mass is 10.2. The molecule has 0 aliphatic heterocycles. The van der Waals surface area contributed by atoms with Gasteiger partial charge in [0, 0.05) is 31.5 Å². The van der Waals surface area contributed by atoms with E-state index in [0.717, 1.165) is 12.0 Å². The lowest BCUT2D eigenvalue weighted by Gasteiger charge is -2.03. The van der Waals surface area contributed by atoms with E-state index in [9.17, 15) is 4.79 Å². The fourth-order valence-electron chi connectivity index (χ4n) is 1.26. The van der Waals surface area contributed by atoms with Crippen LogP contribution in [0.2, 0.25) is 5.02 Å². The Morgan fingerprint density at radius 2 is 2.11 bits per heavy atom. The zero-order valence-corrected chi connectivity index (χ0v) is 11.0. The Labute approximate surface area is 112 Å². The van der Waals surface area contributed by atoms with Crippen LogP contribution in [0, 0.1) is 0 Å². The minimum Gasteiger partial charge on any atom is -0.385 e. The fourth-order valence-corrected chi connectivity index (χ4v) is 1.38. The van der Waals surface area contributed by atoms with E-state index in [0.29, 0.717) is 18.2 Å². The first kappa shape index (κ1) is 14.5. The normalized spacial score (nSPS) is 10.6. The Kier molecular flexibility index (Phi) is 6.91. The molecule has 0 fully saturated rings. The van der Waals surface area contributed by atoms with E-state index in [-0.39, 0.29) is 6.03 Å². The van der Waals surface area contributed by atoms with Gasteiger partial charge in [-0.25, -0.2) is 4.79 Å². The van der Waals surface area contributed by atoms with E-state index >= 15 is 0 Å². The number of benzene rings is 1. The quantitative estimate of drug-likeness (QED) is 0.780. The summed E-state index contributed by atoms with van der Waals surface area (Å²) < 4.78 is 4.88. The van der Waals surface area contributed by atoms with Crippen molar-refractivity contribution in [3.63, 3.8) is 0 Å². The molecule has 4 nitrogen and oxygen atoms in total. The van der Waals surface area contributed by atoms with Gasteiger partial charge in [0.1, 0.15) is 0 Å². The Balaban J connectivity index is 2.23. The minimum absolute atomic E-state index is 0.226. The number of carbonyl (C=O) groups is 1. The highest BCUT2D eigenvalue weighted by atomic mass is 35.5. The smallest absolute Gasteiger partial charge is 0.318 e. The Hall–Kier alpha value is -1.52. The van der Waals surface area contributed by atoms with Gasteiger partial charge in [-0.15, -0.1) is 0 Å². The summed E-state index contributed by atoms with van der Waals surface area (Å²) in [5, 5.41) is 6.02. The zero-order valence-electron chi connectivity index (χ0n) is 10.3. The van der Waals surface area contributed by atoms with Crippen molar-refractivity contribution in [3.05, 3.63) is 41.1 Å². The van der Waals surface area contributed by atoms with Crippen molar-refractivity contribution < 1.29 is 9.53 Å². The van der Waals surface area contributed by atoms with Gasteiger partial charge in [-0.2, -0.15) is 0 Å². The predicted octanol–water partition coefficient (Wildman–Crippen LogP) is 2.65. The summed E-state index contributed by atoms with van der Waals surface area (Å²) >= 11 is 5.76. The Bertz CT molecular complexity index is 390. The Morgan fingerprint density at radius 3 is 2.78 bits per heavy atom. The lowest BCUT2D eigenvalue weighted by molar-refractivity contribution is 0.193. The molecule has 1 aromatic carbocycles. The zero-order chi connectivity index (χ0) is 13.2. The maximum Gasteiger partial charge on any atom is 0.318 e. The summed E-state index contributed by atoms with van der Waals surface area (Å²) in [6, 6.07) is 7.11. The number of nitrogens with one attached hydrogen (secondary N) is 2. The van der Waals surface area contributed by atoms with Crippen molar-refractivity contribution in [3.8, 4) is 0 Å². The summed E-state index contributed by atoms with van der Waals surface area (Å²) in [5.41, 5.74) is 0.971. The average molecular weight is 269 g/mol. The van der Waals surface area contributed by atoms with Gasteiger partial charge in [0.25, 0.3) is 0 Å². The Morgan fingerprint density at radius 1 is 1.39 bits per heavy atom. The number of ether oxygens (including phenoxy) is 1. The van der Waals surface area contributed by atoms with E-state index in [2.05, 4.69) is 10.6 Å². The van der Waals surface area contributed by atoms with Crippen LogP contribution in [0.15, 0.2) is 30.5 Å². The number of carbonyl (C=O) groups excluding carboxylic acids is 1. The van der Waals surface area contributed by atoms with E-state index in [1.165, 1.54) is 0 Å². The molecule has 0 atom stereocenters. The van der Waals surface area contributed by atoms with Gasteiger partial charge in [0.15, 0.2) is 0 Å². The van der Waals surface area contributed by atoms with E-state index in [4.69, 9.17) is 16.3 Å². The van der Waals surface area contributed by atoms with Crippen molar-refractivity contribution in [1.82, 2.24) is 10.6 Å². The molecule has 1 aromatic rings. The van der Waals surface area contributed by atoms with Crippen molar-refractivity contribution in [2.24, 2.45) is 0 Å². The number of hydrogen-bond donors (Lipinski definition) is 2. The first-order valence-electron chi connectivity index (χ1n) is 5.68.